The molecule has 0 spiro atoms. The van der Waals surface area contributed by atoms with E-state index in [1.807, 2.05) is 20.0 Å². The van der Waals surface area contributed by atoms with E-state index in [1.165, 1.54) is 5.56 Å². The second kappa shape index (κ2) is 9.40. The van der Waals surface area contributed by atoms with Gasteiger partial charge in [0.2, 0.25) is 0 Å². The first-order chi connectivity index (χ1) is 15.4. The van der Waals surface area contributed by atoms with Crippen molar-refractivity contribution in [3.8, 4) is 5.75 Å². The van der Waals surface area contributed by atoms with Crippen LogP contribution in [0.1, 0.15) is 38.5 Å². The Morgan fingerprint density at radius 3 is 2.66 bits per heavy atom. The molecule has 4 aromatic rings. The lowest BCUT2D eigenvalue weighted by molar-refractivity contribution is 0.102. The van der Waals surface area contributed by atoms with E-state index in [0.29, 0.717) is 34.8 Å². The second-order valence-electron chi connectivity index (χ2n) is 7.58. The lowest BCUT2D eigenvalue weighted by Gasteiger charge is -2.08. The molecule has 0 saturated heterocycles. The van der Waals surface area contributed by atoms with Crippen LogP contribution in [-0.2, 0) is 13.2 Å². The Bertz CT molecular complexity index is 1230. The highest BCUT2D eigenvalue weighted by Crippen LogP contribution is 2.23. The summed E-state index contributed by atoms with van der Waals surface area (Å²) in [6.45, 7) is 6.70. The first-order valence-corrected chi connectivity index (χ1v) is 10.9. The van der Waals surface area contributed by atoms with Crippen molar-refractivity contribution in [2.75, 3.05) is 5.32 Å². The van der Waals surface area contributed by atoms with Gasteiger partial charge in [-0.3, -0.25) is 9.48 Å². The average Bonchev–Trinajstić information content (AvgIpc) is 3.29. The summed E-state index contributed by atoms with van der Waals surface area (Å²) in [7, 11) is 0. The maximum Gasteiger partial charge on any atom is 0.257 e. The molecule has 164 valence electrons. The first-order valence-electron chi connectivity index (χ1n) is 10.1. The number of carbonyl (C=O) groups excluding carboxylic acids is 1. The number of halogens is 1. The van der Waals surface area contributed by atoms with Gasteiger partial charge in [0.15, 0.2) is 5.82 Å². The van der Waals surface area contributed by atoms with Crippen LogP contribution in [0.25, 0.3) is 0 Å². The number of carbonyl (C=O) groups is 1. The minimum Gasteiger partial charge on any atom is -0.489 e. The van der Waals surface area contributed by atoms with Gasteiger partial charge in [0.05, 0.1) is 22.3 Å². The van der Waals surface area contributed by atoms with Crippen LogP contribution in [-0.4, -0.2) is 20.8 Å². The summed E-state index contributed by atoms with van der Waals surface area (Å²) in [5, 5.41) is 11.3. The normalized spacial score (nSPS) is 10.9. The van der Waals surface area contributed by atoms with E-state index in [-0.39, 0.29) is 5.91 Å². The second-order valence-corrected chi connectivity index (χ2v) is 8.44. The third-order valence-electron chi connectivity index (χ3n) is 5.07. The van der Waals surface area contributed by atoms with Crippen molar-refractivity contribution in [1.82, 2.24) is 14.9 Å². The largest absolute Gasteiger partial charge is 0.489 e. The van der Waals surface area contributed by atoms with Gasteiger partial charge in [0.25, 0.3) is 5.91 Å². The summed E-state index contributed by atoms with van der Waals surface area (Å²) in [6, 6.07) is 15.3. The van der Waals surface area contributed by atoms with Gasteiger partial charge in [-0.25, -0.2) is 0 Å². The van der Waals surface area contributed by atoms with Gasteiger partial charge in [-0.2, -0.15) is 5.10 Å². The maximum absolute atomic E-state index is 12.8. The van der Waals surface area contributed by atoms with Gasteiger partial charge in [0.1, 0.15) is 18.1 Å². The third-order valence-corrected chi connectivity index (χ3v) is 5.66. The average molecular weight is 495 g/mol. The first kappa shape index (κ1) is 21.8. The van der Waals surface area contributed by atoms with Crippen molar-refractivity contribution >= 4 is 27.7 Å². The molecule has 8 heteroatoms. The molecule has 2 heterocycles. The number of hydrogen-bond donors (Lipinski definition) is 1. The number of hydrogen-bond acceptors (Lipinski definition) is 5. The molecule has 0 unspecified atom stereocenters. The Kier molecular flexibility index (Phi) is 6.41. The molecule has 0 atom stereocenters. The van der Waals surface area contributed by atoms with E-state index in [1.54, 1.807) is 28.9 Å². The van der Waals surface area contributed by atoms with Crippen LogP contribution in [0, 0.1) is 20.8 Å². The van der Waals surface area contributed by atoms with E-state index in [2.05, 4.69) is 62.7 Å². The lowest BCUT2D eigenvalue weighted by Crippen LogP contribution is -2.13. The lowest BCUT2D eigenvalue weighted by atomic mass is 10.1. The Morgan fingerprint density at radius 1 is 1.16 bits per heavy atom. The highest BCUT2D eigenvalue weighted by atomic mass is 79.9. The molecule has 0 saturated carbocycles. The smallest absolute Gasteiger partial charge is 0.257 e. The molecular formula is C24H23BrN4O3. The van der Waals surface area contributed by atoms with E-state index in [0.717, 1.165) is 22.6 Å². The fourth-order valence-electron chi connectivity index (χ4n) is 3.21. The quantitative estimate of drug-likeness (QED) is 0.369. The van der Waals surface area contributed by atoms with Gasteiger partial charge in [0, 0.05) is 11.8 Å². The zero-order chi connectivity index (χ0) is 22.7. The van der Waals surface area contributed by atoms with E-state index >= 15 is 0 Å². The Labute approximate surface area is 194 Å². The highest BCUT2D eigenvalue weighted by molar-refractivity contribution is 9.10. The predicted molar refractivity (Wildman–Crippen MR) is 125 cm³/mol. The number of rotatable bonds is 7. The van der Waals surface area contributed by atoms with Crippen LogP contribution < -0.4 is 10.1 Å². The minimum absolute atomic E-state index is 0.269. The summed E-state index contributed by atoms with van der Waals surface area (Å²) < 4.78 is 13.5. The molecule has 7 nitrogen and oxygen atoms in total. The zero-order valence-corrected chi connectivity index (χ0v) is 19.6. The fourth-order valence-corrected chi connectivity index (χ4v) is 3.63. The standard InChI is InChI=1S/C24H23BrN4O3/c1-15-7-9-18(10-8-15)12-29-13-22(25)23(27-29)26-24(30)19-5-4-6-20(11-19)31-14-21-16(2)28-32-17(21)3/h4-11,13H,12,14H2,1-3H3,(H,26,27,30). The third kappa shape index (κ3) is 5.08. The van der Waals surface area contributed by atoms with E-state index < -0.39 is 0 Å². The molecular weight excluding hydrogens is 472 g/mol. The minimum atomic E-state index is -0.269. The Balaban J connectivity index is 1.42. The van der Waals surface area contributed by atoms with Crippen LogP contribution in [0.2, 0.25) is 0 Å². The van der Waals surface area contributed by atoms with Gasteiger partial charge in [-0.15, -0.1) is 0 Å². The molecule has 4 rings (SSSR count). The summed E-state index contributed by atoms with van der Waals surface area (Å²) in [4.78, 5) is 12.8. The number of benzene rings is 2. The molecule has 0 aliphatic heterocycles. The fraction of sp³-hybridized carbons (Fsp3) is 0.208. The van der Waals surface area contributed by atoms with Crippen molar-refractivity contribution in [2.45, 2.75) is 33.9 Å². The topological polar surface area (TPSA) is 82.2 Å². The monoisotopic (exact) mass is 494 g/mol. The number of anilines is 1. The molecule has 0 bridgehead atoms. The van der Waals surface area contributed by atoms with Crippen molar-refractivity contribution in [3.63, 3.8) is 0 Å². The van der Waals surface area contributed by atoms with Crippen LogP contribution in [0.15, 0.2) is 63.7 Å². The van der Waals surface area contributed by atoms with Gasteiger partial charge < -0.3 is 14.6 Å². The van der Waals surface area contributed by atoms with Gasteiger partial charge >= 0.3 is 0 Å². The molecule has 0 radical (unpaired) electrons. The predicted octanol–water partition coefficient (Wildman–Crippen LogP) is 5.44. The highest BCUT2D eigenvalue weighted by Gasteiger charge is 2.14. The summed E-state index contributed by atoms with van der Waals surface area (Å²) >= 11 is 3.48. The Morgan fingerprint density at radius 2 is 1.94 bits per heavy atom. The number of nitrogens with one attached hydrogen (secondary N) is 1. The number of nitrogens with zero attached hydrogens (tertiary/aromatic N) is 3. The SMILES string of the molecule is Cc1ccc(Cn2cc(Br)c(NC(=O)c3cccc(OCc4c(C)noc4C)c3)n2)cc1. The Hall–Kier alpha value is -3.39. The van der Waals surface area contributed by atoms with Gasteiger partial charge in [-0.1, -0.05) is 41.1 Å². The molecule has 2 aromatic carbocycles. The van der Waals surface area contributed by atoms with Crippen LogP contribution >= 0.6 is 15.9 Å². The number of aromatic nitrogens is 3. The molecule has 0 aliphatic rings. The van der Waals surface area contributed by atoms with Crippen molar-refractivity contribution in [3.05, 3.63) is 92.9 Å². The molecule has 1 N–H and O–H groups in total. The molecule has 0 fully saturated rings. The number of aryl methyl sites for hydroxylation is 3. The summed E-state index contributed by atoms with van der Waals surface area (Å²) in [5.74, 6) is 1.50. The van der Waals surface area contributed by atoms with Crippen molar-refractivity contribution in [2.24, 2.45) is 0 Å². The van der Waals surface area contributed by atoms with E-state index in [4.69, 9.17) is 9.26 Å². The van der Waals surface area contributed by atoms with Crippen molar-refractivity contribution < 1.29 is 14.1 Å². The van der Waals surface area contributed by atoms with Gasteiger partial charge in [-0.05, 0) is 60.5 Å². The van der Waals surface area contributed by atoms with Crippen molar-refractivity contribution in [1.29, 1.82) is 0 Å². The molecule has 1 amide bonds. The molecule has 32 heavy (non-hydrogen) atoms. The van der Waals surface area contributed by atoms with Crippen LogP contribution in [0.5, 0.6) is 5.75 Å². The molecule has 0 aliphatic carbocycles. The summed E-state index contributed by atoms with van der Waals surface area (Å²) in [5.41, 5.74) is 4.51. The van der Waals surface area contributed by atoms with E-state index in [9.17, 15) is 4.79 Å². The number of ether oxygens (including phenoxy) is 1. The van der Waals surface area contributed by atoms with Crippen LogP contribution in [0.3, 0.4) is 0 Å². The molecule has 2 aromatic heterocycles. The maximum atomic E-state index is 12.8. The zero-order valence-electron chi connectivity index (χ0n) is 18.1. The number of amides is 1. The van der Waals surface area contributed by atoms with Crippen LogP contribution in [0.4, 0.5) is 5.82 Å². The summed E-state index contributed by atoms with van der Waals surface area (Å²) in [6.07, 6.45) is 1.85.